The number of pyridine rings is 1. The zero-order valence-electron chi connectivity index (χ0n) is 17.2. The lowest BCUT2D eigenvalue weighted by Crippen LogP contribution is -2.32. The first-order valence-electron chi connectivity index (χ1n) is 10.1. The third-order valence-electron chi connectivity index (χ3n) is 5.18. The van der Waals surface area contributed by atoms with Gasteiger partial charge in [-0.25, -0.2) is 4.98 Å². The lowest BCUT2D eigenvalue weighted by Gasteiger charge is -2.25. The molecule has 1 amide bonds. The van der Waals surface area contributed by atoms with Gasteiger partial charge in [-0.05, 0) is 49.1 Å². The molecule has 4 rings (SSSR count). The zero-order valence-corrected chi connectivity index (χ0v) is 18.0. The molecule has 1 fully saturated rings. The molecule has 8 heteroatoms. The van der Waals surface area contributed by atoms with Crippen molar-refractivity contribution in [2.45, 2.75) is 38.6 Å². The molecule has 1 N–H and O–H groups in total. The van der Waals surface area contributed by atoms with Crippen molar-refractivity contribution in [2.24, 2.45) is 0 Å². The number of hydrogen-bond acceptors (Lipinski definition) is 7. The van der Waals surface area contributed by atoms with E-state index in [0.717, 1.165) is 58.8 Å². The van der Waals surface area contributed by atoms with Crippen LogP contribution in [0.2, 0.25) is 0 Å². The number of hydrogen-bond donors (Lipinski definition) is 1. The Morgan fingerprint density at radius 1 is 1.27 bits per heavy atom. The number of nitrogens with zero attached hydrogens (tertiary/aromatic N) is 4. The molecule has 7 nitrogen and oxygen atoms in total. The third-order valence-corrected chi connectivity index (χ3v) is 6.16. The first-order chi connectivity index (χ1) is 14.7. The van der Waals surface area contributed by atoms with Crippen LogP contribution in [0.5, 0.6) is 5.75 Å². The number of amides is 1. The Labute approximate surface area is 180 Å². The summed E-state index contributed by atoms with van der Waals surface area (Å²) in [5, 5.41) is 13.2. The summed E-state index contributed by atoms with van der Waals surface area (Å²) in [6.45, 7) is 2.81. The van der Waals surface area contributed by atoms with Crippen LogP contribution < -0.4 is 10.1 Å². The van der Waals surface area contributed by atoms with Gasteiger partial charge in [-0.1, -0.05) is 36.5 Å². The second-order valence-corrected chi connectivity index (χ2v) is 8.26. The molecule has 0 spiro atoms. The number of anilines is 2. The van der Waals surface area contributed by atoms with E-state index >= 15 is 0 Å². The SMILES string of the molecule is CCc1nnc(Nc2cccc([C@@H]3CCCN3C(=O)Cc3cccc(OC)c3)n2)s1. The Hall–Kier alpha value is -3.00. The number of aryl methyl sites for hydroxylation is 1. The second kappa shape index (κ2) is 9.21. The number of carbonyl (C=O) groups is 1. The summed E-state index contributed by atoms with van der Waals surface area (Å²) < 4.78 is 5.27. The van der Waals surface area contributed by atoms with Gasteiger partial charge >= 0.3 is 0 Å². The number of rotatable bonds is 7. The van der Waals surface area contributed by atoms with Gasteiger partial charge in [0.2, 0.25) is 11.0 Å². The predicted molar refractivity (Wildman–Crippen MR) is 117 cm³/mol. The molecule has 0 unspecified atom stereocenters. The molecule has 3 heterocycles. The summed E-state index contributed by atoms with van der Waals surface area (Å²) in [4.78, 5) is 19.8. The van der Waals surface area contributed by atoms with Gasteiger partial charge in [0.25, 0.3) is 0 Å². The minimum Gasteiger partial charge on any atom is -0.497 e. The molecule has 1 aliphatic heterocycles. The highest BCUT2D eigenvalue weighted by atomic mass is 32.1. The fraction of sp³-hybridized carbons (Fsp3) is 0.364. The molecule has 1 aromatic carbocycles. The van der Waals surface area contributed by atoms with Crippen molar-refractivity contribution in [1.82, 2.24) is 20.1 Å². The summed E-state index contributed by atoms with van der Waals surface area (Å²) >= 11 is 1.53. The van der Waals surface area contributed by atoms with Crippen LogP contribution in [0.1, 0.15) is 42.1 Å². The number of aromatic nitrogens is 3. The molecule has 0 radical (unpaired) electrons. The fourth-order valence-corrected chi connectivity index (χ4v) is 4.38. The van der Waals surface area contributed by atoms with Crippen molar-refractivity contribution in [3.63, 3.8) is 0 Å². The van der Waals surface area contributed by atoms with Crippen LogP contribution >= 0.6 is 11.3 Å². The zero-order chi connectivity index (χ0) is 20.9. The minimum absolute atomic E-state index is 0.00881. The number of ether oxygens (including phenoxy) is 1. The van der Waals surface area contributed by atoms with Crippen LogP contribution in [0.3, 0.4) is 0 Å². The van der Waals surface area contributed by atoms with E-state index in [4.69, 9.17) is 9.72 Å². The number of nitrogens with one attached hydrogen (secondary N) is 1. The predicted octanol–water partition coefficient (Wildman–Crippen LogP) is 4.15. The van der Waals surface area contributed by atoms with Gasteiger partial charge in [-0.15, -0.1) is 10.2 Å². The largest absolute Gasteiger partial charge is 0.497 e. The fourth-order valence-electron chi connectivity index (χ4n) is 3.69. The van der Waals surface area contributed by atoms with E-state index in [1.54, 1.807) is 7.11 Å². The molecule has 3 aromatic rings. The van der Waals surface area contributed by atoms with Crippen molar-refractivity contribution in [3.05, 3.63) is 58.7 Å². The van der Waals surface area contributed by atoms with Gasteiger partial charge in [0.15, 0.2) is 0 Å². The summed E-state index contributed by atoms with van der Waals surface area (Å²) in [5.41, 5.74) is 1.85. The molecule has 30 heavy (non-hydrogen) atoms. The first-order valence-corrected chi connectivity index (χ1v) is 11.0. The quantitative estimate of drug-likeness (QED) is 0.615. The molecule has 156 valence electrons. The maximum Gasteiger partial charge on any atom is 0.227 e. The highest BCUT2D eigenvalue weighted by molar-refractivity contribution is 7.15. The monoisotopic (exact) mass is 423 g/mol. The van der Waals surface area contributed by atoms with Crippen LogP contribution in [-0.4, -0.2) is 39.6 Å². The number of benzene rings is 1. The van der Waals surface area contributed by atoms with E-state index in [-0.39, 0.29) is 11.9 Å². The molecule has 0 bridgehead atoms. The Morgan fingerprint density at radius 2 is 2.13 bits per heavy atom. The van der Waals surface area contributed by atoms with Gasteiger partial charge in [0, 0.05) is 6.54 Å². The van der Waals surface area contributed by atoms with Crippen molar-refractivity contribution >= 4 is 28.2 Å². The molecule has 0 aliphatic carbocycles. The molecule has 1 atom stereocenters. The maximum atomic E-state index is 13.0. The van der Waals surface area contributed by atoms with E-state index in [1.165, 1.54) is 11.3 Å². The van der Waals surface area contributed by atoms with Crippen LogP contribution in [0.4, 0.5) is 10.9 Å². The molecular formula is C22H25N5O2S. The van der Waals surface area contributed by atoms with E-state index in [2.05, 4.69) is 22.4 Å². The summed E-state index contributed by atoms with van der Waals surface area (Å²) in [6, 6.07) is 13.5. The smallest absolute Gasteiger partial charge is 0.227 e. The van der Waals surface area contributed by atoms with Crippen molar-refractivity contribution in [3.8, 4) is 5.75 Å². The van der Waals surface area contributed by atoms with E-state index in [9.17, 15) is 4.79 Å². The van der Waals surface area contributed by atoms with Gasteiger partial charge in [0.05, 0.1) is 25.3 Å². The highest BCUT2D eigenvalue weighted by Crippen LogP contribution is 2.32. The van der Waals surface area contributed by atoms with Gasteiger partial charge in [-0.3, -0.25) is 4.79 Å². The van der Waals surface area contributed by atoms with Crippen molar-refractivity contribution in [1.29, 1.82) is 0 Å². The topological polar surface area (TPSA) is 80.2 Å². The maximum absolute atomic E-state index is 13.0. The van der Waals surface area contributed by atoms with Crippen LogP contribution in [-0.2, 0) is 17.6 Å². The Bertz CT molecular complexity index is 1020. The lowest BCUT2D eigenvalue weighted by atomic mass is 10.1. The highest BCUT2D eigenvalue weighted by Gasteiger charge is 2.31. The number of carbonyl (C=O) groups excluding carboxylic acids is 1. The molecule has 2 aromatic heterocycles. The summed E-state index contributed by atoms with van der Waals surface area (Å²) in [5.74, 6) is 1.60. The molecule has 1 saturated heterocycles. The second-order valence-electron chi connectivity index (χ2n) is 7.20. The average Bonchev–Trinajstić information content (AvgIpc) is 3.43. The van der Waals surface area contributed by atoms with Gasteiger partial charge < -0.3 is 15.0 Å². The average molecular weight is 424 g/mol. The van der Waals surface area contributed by atoms with Gasteiger partial charge in [-0.2, -0.15) is 0 Å². The Kier molecular flexibility index (Phi) is 6.23. The van der Waals surface area contributed by atoms with Crippen LogP contribution in [0.25, 0.3) is 0 Å². The third kappa shape index (κ3) is 4.59. The standard InChI is InChI=1S/C22H25N5O2S/c1-3-20-25-26-22(30-20)24-19-11-5-9-17(23-19)18-10-6-12-27(18)21(28)14-15-7-4-8-16(13-15)29-2/h4-5,7-9,11,13,18H,3,6,10,12,14H2,1-2H3,(H,23,24,26)/t18-/m0/s1. The minimum atomic E-state index is -0.00881. The number of methoxy groups -OCH3 is 1. The normalized spacial score (nSPS) is 15.9. The van der Waals surface area contributed by atoms with Crippen molar-refractivity contribution < 1.29 is 9.53 Å². The lowest BCUT2D eigenvalue weighted by molar-refractivity contribution is -0.131. The van der Waals surface area contributed by atoms with E-state index < -0.39 is 0 Å². The number of likely N-dealkylation sites (tertiary alicyclic amines) is 1. The first kappa shape index (κ1) is 20.3. The Balaban J connectivity index is 1.48. The van der Waals surface area contributed by atoms with Gasteiger partial charge in [0.1, 0.15) is 16.6 Å². The molecular weight excluding hydrogens is 398 g/mol. The van der Waals surface area contributed by atoms with E-state index in [1.807, 2.05) is 47.4 Å². The summed E-state index contributed by atoms with van der Waals surface area (Å²) in [6.07, 6.45) is 3.11. The van der Waals surface area contributed by atoms with Crippen LogP contribution in [0.15, 0.2) is 42.5 Å². The van der Waals surface area contributed by atoms with E-state index in [0.29, 0.717) is 6.42 Å². The van der Waals surface area contributed by atoms with Crippen LogP contribution in [0, 0.1) is 0 Å². The Morgan fingerprint density at radius 3 is 2.93 bits per heavy atom. The molecule has 0 saturated carbocycles. The summed E-state index contributed by atoms with van der Waals surface area (Å²) in [7, 11) is 1.63. The molecule has 1 aliphatic rings. The van der Waals surface area contributed by atoms with Crippen molar-refractivity contribution in [2.75, 3.05) is 19.0 Å².